The zero-order valence-corrected chi connectivity index (χ0v) is 30.7. The van der Waals surface area contributed by atoms with Gasteiger partial charge in [0.2, 0.25) is 0 Å². The van der Waals surface area contributed by atoms with Crippen LogP contribution in [0.1, 0.15) is 21.5 Å². The highest BCUT2D eigenvalue weighted by molar-refractivity contribution is 14.1. The highest BCUT2D eigenvalue weighted by atomic mass is 127. The monoisotopic (exact) mass is 838 g/mol. The van der Waals surface area contributed by atoms with Gasteiger partial charge in [0, 0.05) is 64.6 Å². The van der Waals surface area contributed by atoms with E-state index in [0.29, 0.717) is 32.7 Å². The summed E-state index contributed by atoms with van der Waals surface area (Å²) in [6.45, 7) is 1.30. The number of methoxy groups -OCH3 is 1. The Labute approximate surface area is 313 Å². The first-order valence-electron chi connectivity index (χ1n) is 14.8. The van der Waals surface area contributed by atoms with Crippen molar-refractivity contribution in [3.05, 3.63) is 138 Å². The number of esters is 1. The molecule has 2 aromatic carbocycles. The van der Waals surface area contributed by atoms with E-state index < -0.39 is 5.97 Å². The summed E-state index contributed by atoms with van der Waals surface area (Å²) >= 11 is 26.8. The van der Waals surface area contributed by atoms with Crippen molar-refractivity contribution in [2.45, 2.75) is 13.1 Å². The third kappa shape index (κ3) is 6.91. The van der Waals surface area contributed by atoms with E-state index in [4.69, 9.17) is 51.1 Å². The molecule has 8 aromatic rings. The number of fused-ring (bicyclic) bond motifs is 4. The second-order valence-electron chi connectivity index (χ2n) is 11.1. The Morgan fingerprint density at radius 3 is 1.76 bits per heavy atom. The molecule has 8 rings (SSSR count). The van der Waals surface area contributed by atoms with Crippen molar-refractivity contribution in [1.82, 2.24) is 29.1 Å². The maximum absolute atomic E-state index is 12.1. The molecule has 49 heavy (non-hydrogen) atoms. The van der Waals surface area contributed by atoms with Gasteiger partial charge in [-0.1, -0.05) is 58.5 Å². The van der Waals surface area contributed by atoms with Gasteiger partial charge >= 0.3 is 5.97 Å². The second-order valence-corrected chi connectivity index (χ2v) is 13.9. The van der Waals surface area contributed by atoms with Gasteiger partial charge in [-0.15, -0.1) is 0 Å². The Morgan fingerprint density at radius 2 is 1.20 bits per heavy atom. The number of aromatic nitrogens is 6. The number of ether oxygens (including phenoxy) is 1. The number of nitrogens with zero attached hydrogens (tertiary/aromatic N) is 6. The number of carbonyl (C=O) groups is 1. The lowest BCUT2D eigenvalue weighted by Crippen LogP contribution is -2.01. The number of pyridine rings is 4. The summed E-state index contributed by atoms with van der Waals surface area (Å²) in [6, 6.07) is 19.8. The molecule has 0 atom stereocenters. The minimum Gasteiger partial charge on any atom is -0.465 e. The summed E-state index contributed by atoms with van der Waals surface area (Å²) in [4.78, 5) is 29.0. The van der Waals surface area contributed by atoms with Gasteiger partial charge in [0.15, 0.2) is 0 Å². The predicted molar refractivity (Wildman–Crippen MR) is 205 cm³/mol. The molecule has 0 fully saturated rings. The van der Waals surface area contributed by atoms with E-state index in [1.165, 1.54) is 12.7 Å². The zero-order valence-electron chi connectivity index (χ0n) is 25.5. The Hall–Kier alpha value is -4.00. The van der Waals surface area contributed by atoms with E-state index in [1.807, 2.05) is 53.1 Å². The first kappa shape index (κ1) is 33.5. The lowest BCUT2D eigenvalue weighted by atomic mass is 10.1. The number of hydrogen-bond acceptors (Lipinski definition) is 6. The quantitative estimate of drug-likeness (QED) is 0.0975. The molecule has 6 heterocycles. The van der Waals surface area contributed by atoms with Crippen LogP contribution in [0.5, 0.6) is 0 Å². The molecule has 0 amide bonds. The van der Waals surface area contributed by atoms with Crippen LogP contribution in [0.3, 0.4) is 0 Å². The Kier molecular flexibility index (Phi) is 9.63. The number of carbonyl (C=O) groups excluding carboxylic acids is 1. The van der Waals surface area contributed by atoms with E-state index in [-0.39, 0.29) is 5.15 Å². The van der Waals surface area contributed by atoms with Gasteiger partial charge in [0.1, 0.15) is 10.3 Å². The van der Waals surface area contributed by atoms with Crippen LogP contribution in [-0.4, -0.2) is 42.1 Å². The predicted octanol–water partition coefficient (Wildman–Crippen LogP) is 10.3. The first-order valence-corrected chi connectivity index (χ1v) is 17.4. The highest BCUT2D eigenvalue weighted by Crippen LogP contribution is 2.30. The van der Waals surface area contributed by atoms with Crippen LogP contribution in [0.25, 0.3) is 43.6 Å². The SMILES string of the molecule is COC(=O)c1cn(Cc2ccc3ncc(Cl)cc3c2)c2ccnc(Cl)c12.Clc1cnc2ccc(Cn3cc(I)c4c(Cl)nccc43)cc2c1. The normalized spacial score (nSPS) is 11.3. The standard InChI is InChI=1S/C19H13Cl2N3O2.C17H10Cl2IN3/c1-26-19(25)14-10-24(16-4-5-22-18(21)17(14)16)9-11-2-3-15-12(6-11)7-13(20)8-23-15;18-12-6-11-5-10(1-2-14(11)22-7-12)8-23-9-13(20)16-15(23)3-4-21-17(16)19/h2-8,10H,9H2,1H3;1-7,9H,8H2. The van der Waals surface area contributed by atoms with Crippen LogP contribution in [0.15, 0.2) is 97.8 Å². The van der Waals surface area contributed by atoms with Gasteiger partial charge in [-0.3, -0.25) is 9.97 Å². The van der Waals surface area contributed by atoms with Gasteiger partial charge < -0.3 is 13.9 Å². The third-order valence-electron chi connectivity index (χ3n) is 7.98. The topological polar surface area (TPSA) is 87.7 Å². The fourth-order valence-corrected chi connectivity index (χ4v) is 7.66. The summed E-state index contributed by atoms with van der Waals surface area (Å²) in [5.74, 6) is -0.446. The second kappa shape index (κ2) is 14.1. The molecule has 0 unspecified atom stereocenters. The molecule has 0 saturated heterocycles. The molecular formula is C36H23Cl4IN6O2. The summed E-state index contributed by atoms with van der Waals surface area (Å²) in [7, 11) is 1.34. The molecular weight excluding hydrogens is 817 g/mol. The molecule has 0 bridgehead atoms. The van der Waals surface area contributed by atoms with Crippen LogP contribution < -0.4 is 0 Å². The highest BCUT2D eigenvalue weighted by Gasteiger charge is 2.19. The fraction of sp³-hybridized carbons (Fsp3) is 0.0833. The smallest absolute Gasteiger partial charge is 0.340 e. The number of rotatable bonds is 5. The molecule has 0 aliphatic rings. The molecule has 13 heteroatoms. The summed E-state index contributed by atoms with van der Waals surface area (Å²) in [5.41, 5.74) is 6.33. The summed E-state index contributed by atoms with van der Waals surface area (Å²) < 4.78 is 10.1. The number of benzene rings is 2. The van der Waals surface area contributed by atoms with E-state index >= 15 is 0 Å². The van der Waals surface area contributed by atoms with Gasteiger partial charge in [-0.25, -0.2) is 14.8 Å². The third-order valence-corrected chi connectivity index (χ3v) is 9.79. The van der Waals surface area contributed by atoms with Crippen molar-refractivity contribution in [1.29, 1.82) is 0 Å². The van der Waals surface area contributed by atoms with Crippen LogP contribution in [0.4, 0.5) is 0 Å². The van der Waals surface area contributed by atoms with E-state index in [2.05, 4.69) is 65.4 Å². The lowest BCUT2D eigenvalue weighted by molar-refractivity contribution is 0.0602. The minimum atomic E-state index is -0.446. The van der Waals surface area contributed by atoms with E-state index in [0.717, 1.165) is 53.9 Å². The number of hydrogen-bond donors (Lipinski definition) is 0. The van der Waals surface area contributed by atoms with Gasteiger partial charge in [-0.05, 0) is 82.2 Å². The van der Waals surface area contributed by atoms with Crippen LogP contribution >= 0.6 is 69.0 Å². The average Bonchev–Trinajstić information content (AvgIpc) is 3.62. The molecule has 8 nitrogen and oxygen atoms in total. The Morgan fingerprint density at radius 1 is 0.694 bits per heavy atom. The van der Waals surface area contributed by atoms with Crippen molar-refractivity contribution in [3.8, 4) is 0 Å². The van der Waals surface area contributed by atoms with E-state index in [1.54, 1.807) is 31.0 Å². The van der Waals surface area contributed by atoms with Crippen molar-refractivity contribution in [2.75, 3.05) is 7.11 Å². The minimum absolute atomic E-state index is 0.274. The lowest BCUT2D eigenvalue weighted by Gasteiger charge is -2.07. The molecule has 0 aliphatic heterocycles. The summed E-state index contributed by atoms with van der Waals surface area (Å²) in [5, 5.41) is 5.64. The molecule has 0 N–H and O–H groups in total. The van der Waals surface area contributed by atoms with Crippen LogP contribution in [0, 0.1) is 3.57 Å². The molecule has 0 aliphatic carbocycles. The first-order chi connectivity index (χ1) is 23.7. The fourth-order valence-electron chi connectivity index (χ4n) is 5.79. The number of halogens is 5. The zero-order chi connectivity index (χ0) is 34.2. The van der Waals surface area contributed by atoms with Gasteiger partial charge in [0.05, 0.1) is 55.6 Å². The van der Waals surface area contributed by atoms with Crippen molar-refractivity contribution in [2.24, 2.45) is 0 Å². The Balaban J connectivity index is 0.000000155. The van der Waals surface area contributed by atoms with Gasteiger partial charge in [-0.2, -0.15) is 0 Å². The molecule has 244 valence electrons. The van der Waals surface area contributed by atoms with Gasteiger partial charge in [0.25, 0.3) is 0 Å². The maximum atomic E-state index is 12.1. The van der Waals surface area contributed by atoms with Crippen molar-refractivity contribution >= 4 is 119 Å². The average molecular weight is 840 g/mol. The maximum Gasteiger partial charge on any atom is 0.340 e. The largest absolute Gasteiger partial charge is 0.465 e. The van der Waals surface area contributed by atoms with E-state index in [9.17, 15) is 4.79 Å². The summed E-state index contributed by atoms with van der Waals surface area (Å²) in [6.07, 6.45) is 10.5. The Bertz CT molecular complexity index is 2550. The molecule has 0 saturated carbocycles. The molecule has 0 spiro atoms. The van der Waals surface area contributed by atoms with Crippen molar-refractivity contribution < 1.29 is 9.53 Å². The van der Waals surface area contributed by atoms with Crippen LogP contribution in [-0.2, 0) is 17.8 Å². The molecule has 0 radical (unpaired) electrons. The van der Waals surface area contributed by atoms with Crippen LogP contribution in [0.2, 0.25) is 20.4 Å². The molecule has 6 aromatic heterocycles. The van der Waals surface area contributed by atoms with Crippen molar-refractivity contribution in [3.63, 3.8) is 0 Å².